The lowest BCUT2D eigenvalue weighted by Crippen LogP contribution is -2.30. The highest BCUT2D eigenvalue weighted by molar-refractivity contribution is 6.33. The second-order valence-corrected chi connectivity index (χ2v) is 6.79. The highest BCUT2D eigenvalue weighted by atomic mass is 35.5. The maximum absolute atomic E-state index is 12.5. The lowest BCUT2D eigenvalue weighted by molar-refractivity contribution is -0.123. The molecule has 144 valence electrons. The maximum atomic E-state index is 12.5. The minimum atomic E-state index is -1.02. The highest BCUT2D eigenvalue weighted by Gasteiger charge is 2.23. The smallest absolute Gasteiger partial charge is 0.342 e. The van der Waals surface area contributed by atoms with Crippen LogP contribution in [0.3, 0.4) is 0 Å². The van der Waals surface area contributed by atoms with Crippen molar-refractivity contribution >= 4 is 34.9 Å². The van der Waals surface area contributed by atoms with Crippen molar-refractivity contribution in [1.29, 1.82) is 0 Å². The van der Waals surface area contributed by atoms with Gasteiger partial charge in [-0.05, 0) is 44.9 Å². The third-order valence-corrected chi connectivity index (χ3v) is 4.44. The van der Waals surface area contributed by atoms with Gasteiger partial charge in [-0.15, -0.1) is 0 Å². The molecule has 0 aromatic heterocycles. The summed E-state index contributed by atoms with van der Waals surface area (Å²) in [6.45, 7) is 7.31. The standard InChI is InChI=1S/C20H23ClN2O4/c1-10-6-11(2)18(12(3)7-10)23-19(24)13(4)27-20(25)14-8-15(21)16(22)9-17(14)26-5/h6-9,13H,22H2,1-5H3,(H,23,24)/t13-/m1/s1. The molecule has 0 saturated heterocycles. The van der Waals surface area contributed by atoms with Gasteiger partial charge in [0.05, 0.1) is 17.8 Å². The number of nitrogens with two attached hydrogens (primary N) is 1. The first-order valence-corrected chi connectivity index (χ1v) is 8.74. The Balaban J connectivity index is 2.15. The molecule has 0 unspecified atom stereocenters. The number of rotatable bonds is 5. The van der Waals surface area contributed by atoms with Gasteiger partial charge in [-0.3, -0.25) is 4.79 Å². The zero-order valence-electron chi connectivity index (χ0n) is 16.0. The van der Waals surface area contributed by atoms with Crippen LogP contribution >= 0.6 is 11.6 Å². The Morgan fingerprint density at radius 1 is 1.11 bits per heavy atom. The van der Waals surface area contributed by atoms with Gasteiger partial charge >= 0.3 is 5.97 Å². The molecule has 1 amide bonds. The largest absolute Gasteiger partial charge is 0.496 e. The van der Waals surface area contributed by atoms with Crippen LogP contribution in [0.5, 0.6) is 5.75 Å². The van der Waals surface area contributed by atoms with E-state index in [1.165, 1.54) is 26.2 Å². The van der Waals surface area contributed by atoms with E-state index in [1.54, 1.807) is 0 Å². The number of carbonyl (C=O) groups is 2. The van der Waals surface area contributed by atoms with Crippen molar-refractivity contribution < 1.29 is 19.1 Å². The molecule has 0 saturated carbocycles. The molecule has 0 fully saturated rings. The average Bonchev–Trinajstić information content (AvgIpc) is 2.59. The summed E-state index contributed by atoms with van der Waals surface area (Å²) in [4.78, 5) is 24.9. The number of carbonyl (C=O) groups excluding carboxylic acids is 2. The van der Waals surface area contributed by atoms with Crippen LogP contribution in [0.2, 0.25) is 5.02 Å². The minimum Gasteiger partial charge on any atom is -0.496 e. The SMILES string of the molecule is COc1cc(N)c(Cl)cc1C(=O)O[C@H](C)C(=O)Nc1c(C)cc(C)cc1C. The van der Waals surface area contributed by atoms with Crippen molar-refractivity contribution in [3.05, 3.63) is 51.5 Å². The molecule has 3 N–H and O–H groups in total. The van der Waals surface area contributed by atoms with Gasteiger partial charge in [0.2, 0.25) is 0 Å². The van der Waals surface area contributed by atoms with E-state index in [0.717, 1.165) is 16.7 Å². The molecule has 0 aliphatic rings. The Morgan fingerprint density at radius 2 is 1.70 bits per heavy atom. The Morgan fingerprint density at radius 3 is 2.26 bits per heavy atom. The van der Waals surface area contributed by atoms with Gasteiger partial charge in [-0.1, -0.05) is 29.3 Å². The van der Waals surface area contributed by atoms with Crippen LogP contribution in [0.4, 0.5) is 11.4 Å². The number of hydrogen-bond acceptors (Lipinski definition) is 5. The van der Waals surface area contributed by atoms with E-state index in [9.17, 15) is 9.59 Å². The fourth-order valence-electron chi connectivity index (χ4n) is 2.78. The van der Waals surface area contributed by atoms with E-state index in [1.807, 2.05) is 32.9 Å². The van der Waals surface area contributed by atoms with Crippen LogP contribution in [0.25, 0.3) is 0 Å². The molecule has 27 heavy (non-hydrogen) atoms. The van der Waals surface area contributed by atoms with E-state index in [4.69, 9.17) is 26.8 Å². The number of nitrogen functional groups attached to an aromatic ring is 1. The summed E-state index contributed by atoms with van der Waals surface area (Å²) in [5.41, 5.74) is 9.78. The van der Waals surface area contributed by atoms with Crippen LogP contribution in [0.1, 0.15) is 34.0 Å². The zero-order chi connectivity index (χ0) is 20.3. The van der Waals surface area contributed by atoms with E-state index in [2.05, 4.69) is 5.32 Å². The van der Waals surface area contributed by atoms with Crippen LogP contribution in [0.15, 0.2) is 24.3 Å². The van der Waals surface area contributed by atoms with E-state index in [0.29, 0.717) is 5.69 Å². The van der Waals surface area contributed by atoms with Gasteiger partial charge in [0.1, 0.15) is 11.3 Å². The normalized spacial score (nSPS) is 11.6. The predicted molar refractivity (Wildman–Crippen MR) is 107 cm³/mol. The average molecular weight is 391 g/mol. The van der Waals surface area contributed by atoms with Gasteiger partial charge in [-0.2, -0.15) is 0 Å². The Bertz CT molecular complexity index is 873. The van der Waals surface area contributed by atoms with E-state index >= 15 is 0 Å². The van der Waals surface area contributed by atoms with Gasteiger partial charge in [0.15, 0.2) is 6.10 Å². The Kier molecular flexibility index (Phi) is 6.33. The molecular formula is C20H23ClN2O4. The van der Waals surface area contributed by atoms with Crippen molar-refractivity contribution in [3.8, 4) is 5.75 Å². The number of benzene rings is 2. The van der Waals surface area contributed by atoms with Crippen molar-refractivity contribution in [2.45, 2.75) is 33.8 Å². The number of esters is 1. The summed E-state index contributed by atoms with van der Waals surface area (Å²) in [6, 6.07) is 6.74. The van der Waals surface area contributed by atoms with E-state index in [-0.39, 0.29) is 22.0 Å². The topological polar surface area (TPSA) is 90.7 Å². The number of aryl methyl sites for hydroxylation is 3. The van der Waals surface area contributed by atoms with Crippen molar-refractivity contribution in [2.75, 3.05) is 18.2 Å². The molecule has 1 atom stereocenters. The van der Waals surface area contributed by atoms with Crippen LogP contribution in [0, 0.1) is 20.8 Å². The first kappa shape index (κ1) is 20.6. The molecule has 6 nitrogen and oxygen atoms in total. The molecule has 0 spiro atoms. The molecular weight excluding hydrogens is 368 g/mol. The van der Waals surface area contributed by atoms with Crippen LogP contribution in [-0.4, -0.2) is 25.1 Å². The fraction of sp³-hybridized carbons (Fsp3) is 0.300. The second kappa shape index (κ2) is 8.31. The molecule has 2 aromatic rings. The molecule has 0 heterocycles. The zero-order valence-corrected chi connectivity index (χ0v) is 16.7. The fourth-order valence-corrected chi connectivity index (χ4v) is 2.94. The minimum absolute atomic E-state index is 0.0963. The first-order valence-electron chi connectivity index (χ1n) is 8.36. The summed E-state index contributed by atoms with van der Waals surface area (Å²) < 4.78 is 10.4. The summed E-state index contributed by atoms with van der Waals surface area (Å²) >= 11 is 5.97. The quantitative estimate of drug-likeness (QED) is 0.594. The number of halogens is 1. The number of amides is 1. The van der Waals surface area contributed by atoms with Gasteiger partial charge in [0, 0.05) is 11.8 Å². The predicted octanol–water partition coefficient (Wildman–Crippen LogP) is 4.04. The second-order valence-electron chi connectivity index (χ2n) is 6.38. The number of methoxy groups -OCH3 is 1. The molecule has 2 aromatic carbocycles. The van der Waals surface area contributed by atoms with Crippen molar-refractivity contribution in [2.24, 2.45) is 0 Å². The summed E-state index contributed by atoms with van der Waals surface area (Å²) in [6.07, 6.45) is -1.02. The Labute approximate surface area is 163 Å². The number of ether oxygens (including phenoxy) is 2. The molecule has 0 aliphatic carbocycles. The summed E-state index contributed by atoms with van der Waals surface area (Å²) in [5, 5.41) is 3.02. The van der Waals surface area contributed by atoms with Gasteiger partial charge in [0.25, 0.3) is 5.91 Å². The molecule has 2 rings (SSSR count). The lowest BCUT2D eigenvalue weighted by Gasteiger charge is -2.17. The third kappa shape index (κ3) is 4.71. The highest BCUT2D eigenvalue weighted by Crippen LogP contribution is 2.29. The monoisotopic (exact) mass is 390 g/mol. The van der Waals surface area contributed by atoms with Crippen molar-refractivity contribution in [1.82, 2.24) is 0 Å². The third-order valence-electron chi connectivity index (χ3n) is 4.12. The maximum Gasteiger partial charge on any atom is 0.342 e. The number of nitrogens with one attached hydrogen (secondary N) is 1. The molecule has 0 radical (unpaired) electrons. The summed E-state index contributed by atoms with van der Waals surface area (Å²) in [7, 11) is 1.40. The lowest BCUT2D eigenvalue weighted by atomic mass is 10.0. The summed E-state index contributed by atoms with van der Waals surface area (Å²) in [5.74, 6) is -0.938. The number of hydrogen-bond donors (Lipinski definition) is 2. The van der Waals surface area contributed by atoms with Gasteiger partial charge < -0.3 is 20.5 Å². The van der Waals surface area contributed by atoms with Crippen molar-refractivity contribution in [3.63, 3.8) is 0 Å². The Hall–Kier alpha value is -2.73. The number of anilines is 2. The van der Waals surface area contributed by atoms with Crippen LogP contribution in [-0.2, 0) is 9.53 Å². The molecule has 0 bridgehead atoms. The molecule has 7 heteroatoms. The molecule has 0 aliphatic heterocycles. The van der Waals surface area contributed by atoms with Crippen LogP contribution < -0.4 is 15.8 Å². The first-order chi connectivity index (χ1) is 12.6. The van der Waals surface area contributed by atoms with Gasteiger partial charge in [-0.25, -0.2) is 4.79 Å². The van der Waals surface area contributed by atoms with E-state index < -0.39 is 18.0 Å².